The summed E-state index contributed by atoms with van der Waals surface area (Å²) in [6, 6.07) is 7.64. The quantitative estimate of drug-likeness (QED) is 0.651. The van der Waals surface area contributed by atoms with E-state index in [1.807, 2.05) is 24.3 Å². The average molecular weight is 262 g/mol. The van der Waals surface area contributed by atoms with Crippen molar-refractivity contribution in [2.75, 3.05) is 18.9 Å². The number of nitrogens with one attached hydrogen (secondary N) is 1. The van der Waals surface area contributed by atoms with Gasteiger partial charge in [0.2, 0.25) is 5.91 Å². The van der Waals surface area contributed by atoms with Crippen LogP contribution in [0.25, 0.3) is 0 Å². The number of aryl methyl sites for hydroxylation is 1. The summed E-state index contributed by atoms with van der Waals surface area (Å²) in [5.41, 5.74) is 7.78. The molecule has 0 unspecified atom stereocenters. The van der Waals surface area contributed by atoms with Crippen molar-refractivity contribution in [2.24, 2.45) is 5.41 Å². The molecule has 4 N–H and O–H groups in total. The second-order valence-electron chi connectivity index (χ2n) is 5.45. The smallest absolute Gasteiger partial charge is 0.220 e. The van der Waals surface area contributed by atoms with Crippen LogP contribution in [0.4, 0.5) is 5.69 Å². The summed E-state index contributed by atoms with van der Waals surface area (Å²) < 4.78 is 0. The minimum absolute atomic E-state index is 0.0625. The molecule has 1 aliphatic rings. The molecule has 0 radical (unpaired) electrons. The lowest BCUT2D eigenvalue weighted by Gasteiger charge is -2.14. The van der Waals surface area contributed by atoms with Gasteiger partial charge in [-0.15, -0.1) is 0 Å². The number of hydrogen-bond acceptors (Lipinski definition) is 3. The lowest BCUT2D eigenvalue weighted by Crippen LogP contribution is -2.30. The third-order valence-electron chi connectivity index (χ3n) is 3.94. The Hall–Kier alpha value is -1.55. The van der Waals surface area contributed by atoms with E-state index in [-0.39, 0.29) is 17.9 Å². The van der Waals surface area contributed by atoms with Crippen LogP contribution in [0.15, 0.2) is 24.3 Å². The number of aliphatic hydroxyl groups excluding tert-OH is 1. The van der Waals surface area contributed by atoms with Crippen LogP contribution in [0.2, 0.25) is 0 Å². The van der Waals surface area contributed by atoms with Crippen molar-refractivity contribution in [3.05, 3.63) is 29.8 Å². The maximum absolute atomic E-state index is 11.8. The molecule has 1 fully saturated rings. The molecule has 1 aliphatic carbocycles. The van der Waals surface area contributed by atoms with Gasteiger partial charge in [-0.05, 0) is 42.7 Å². The second-order valence-corrected chi connectivity index (χ2v) is 5.45. The molecule has 104 valence electrons. The van der Waals surface area contributed by atoms with Crippen molar-refractivity contribution in [3.63, 3.8) is 0 Å². The molecule has 0 heterocycles. The Morgan fingerprint density at radius 3 is 2.74 bits per heavy atom. The number of carbonyl (C=O) groups excluding carboxylic acids is 1. The standard InChI is InChI=1S/C15H22N2O2/c16-13-4-2-1-3-12(13)5-6-14(19)17-11-15(7-8-15)9-10-18/h1-4,18H,5-11,16H2,(H,17,19). The normalized spacial score (nSPS) is 16.1. The maximum atomic E-state index is 11.8. The summed E-state index contributed by atoms with van der Waals surface area (Å²) in [6.45, 7) is 0.896. The SMILES string of the molecule is Nc1ccccc1CCC(=O)NCC1(CCO)CC1. The van der Waals surface area contributed by atoms with E-state index in [2.05, 4.69) is 5.32 Å². The highest BCUT2D eigenvalue weighted by atomic mass is 16.3. The molecule has 0 bridgehead atoms. The van der Waals surface area contributed by atoms with E-state index < -0.39 is 0 Å². The first kappa shape index (κ1) is 13.9. The molecule has 4 heteroatoms. The summed E-state index contributed by atoms with van der Waals surface area (Å²) in [7, 11) is 0. The first-order chi connectivity index (χ1) is 9.15. The van der Waals surface area contributed by atoms with Gasteiger partial charge in [0.05, 0.1) is 0 Å². The van der Waals surface area contributed by atoms with Gasteiger partial charge in [-0.1, -0.05) is 18.2 Å². The highest BCUT2D eigenvalue weighted by Crippen LogP contribution is 2.47. The number of para-hydroxylation sites is 1. The third-order valence-corrected chi connectivity index (χ3v) is 3.94. The van der Waals surface area contributed by atoms with Crippen LogP contribution in [-0.4, -0.2) is 24.2 Å². The van der Waals surface area contributed by atoms with E-state index in [9.17, 15) is 4.79 Å². The molecule has 0 saturated heterocycles. The van der Waals surface area contributed by atoms with Gasteiger partial charge in [0, 0.05) is 25.3 Å². The van der Waals surface area contributed by atoms with Crippen LogP contribution < -0.4 is 11.1 Å². The summed E-state index contributed by atoms with van der Waals surface area (Å²) in [6.07, 6.45) is 4.15. The molecule has 1 amide bonds. The predicted molar refractivity (Wildman–Crippen MR) is 75.6 cm³/mol. The van der Waals surface area contributed by atoms with E-state index in [1.165, 1.54) is 0 Å². The predicted octanol–water partition coefficient (Wildman–Crippen LogP) is 1.48. The molecule has 19 heavy (non-hydrogen) atoms. The van der Waals surface area contributed by atoms with Gasteiger partial charge in [0.25, 0.3) is 0 Å². The lowest BCUT2D eigenvalue weighted by molar-refractivity contribution is -0.121. The second kappa shape index (κ2) is 6.06. The van der Waals surface area contributed by atoms with E-state index in [4.69, 9.17) is 10.8 Å². The molecule has 4 nitrogen and oxygen atoms in total. The Labute approximate surface area is 114 Å². The molecular weight excluding hydrogens is 240 g/mol. The Morgan fingerprint density at radius 2 is 2.11 bits per heavy atom. The molecule has 1 saturated carbocycles. The molecule has 1 aromatic carbocycles. The number of rotatable bonds is 7. The molecule has 0 spiro atoms. The van der Waals surface area contributed by atoms with Crippen molar-refractivity contribution >= 4 is 11.6 Å². The van der Waals surface area contributed by atoms with Crippen molar-refractivity contribution < 1.29 is 9.90 Å². The van der Waals surface area contributed by atoms with Gasteiger partial charge in [-0.25, -0.2) is 0 Å². The molecule has 1 aromatic rings. The van der Waals surface area contributed by atoms with Gasteiger partial charge in [-0.3, -0.25) is 4.79 Å². The largest absolute Gasteiger partial charge is 0.399 e. The topological polar surface area (TPSA) is 75.4 Å². The van der Waals surface area contributed by atoms with Gasteiger partial charge >= 0.3 is 0 Å². The Kier molecular flexibility index (Phi) is 4.43. The molecule has 0 aromatic heterocycles. The summed E-state index contributed by atoms with van der Waals surface area (Å²) in [4.78, 5) is 11.8. The van der Waals surface area contributed by atoms with Crippen molar-refractivity contribution in [1.82, 2.24) is 5.32 Å². The monoisotopic (exact) mass is 262 g/mol. The first-order valence-electron chi connectivity index (χ1n) is 6.86. The van der Waals surface area contributed by atoms with Gasteiger partial charge < -0.3 is 16.2 Å². The van der Waals surface area contributed by atoms with E-state index in [0.29, 0.717) is 19.4 Å². The van der Waals surface area contributed by atoms with Crippen molar-refractivity contribution in [2.45, 2.75) is 32.1 Å². The number of carbonyl (C=O) groups is 1. The number of hydrogen-bond donors (Lipinski definition) is 3. The zero-order chi connectivity index (χ0) is 13.7. The molecular formula is C15H22N2O2. The first-order valence-corrected chi connectivity index (χ1v) is 6.86. The van der Waals surface area contributed by atoms with Crippen LogP contribution in [0.5, 0.6) is 0 Å². The maximum Gasteiger partial charge on any atom is 0.220 e. The minimum Gasteiger partial charge on any atom is -0.399 e. The van der Waals surface area contributed by atoms with Crippen LogP contribution >= 0.6 is 0 Å². The van der Waals surface area contributed by atoms with E-state index in [1.54, 1.807) is 0 Å². The van der Waals surface area contributed by atoms with Crippen molar-refractivity contribution in [3.8, 4) is 0 Å². The lowest BCUT2D eigenvalue weighted by atomic mass is 10.0. The summed E-state index contributed by atoms with van der Waals surface area (Å²) in [5.74, 6) is 0.0625. The van der Waals surface area contributed by atoms with Gasteiger partial charge in [-0.2, -0.15) is 0 Å². The average Bonchev–Trinajstić information content (AvgIpc) is 3.16. The summed E-state index contributed by atoms with van der Waals surface area (Å²) in [5, 5.41) is 11.9. The third kappa shape index (κ3) is 3.96. The fraction of sp³-hybridized carbons (Fsp3) is 0.533. The Morgan fingerprint density at radius 1 is 1.37 bits per heavy atom. The Bertz CT molecular complexity index is 442. The molecule has 0 aliphatic heterocycles. The van der Waals surface area contributed by atoms with Gasteiger partial charge in [0.15, 0.2) is 0 Å². The van der Waals surface area contributed by atoms with Crippen LogP contribution in [-0.2, 0) is 11.2 Å². The van der Waals surface area contributed by atoms with Crippen molar-refractivity contribution in [1.29, 1.82) is 0 Å². The number of nitrogens with two attached hydrogens (primary N) is 1. The Balaban J connectivity index is 1.72. The fourth-order valence-electron chi connectivity index (χ4n) is 2.31. The van der Waals surface area contributed by atoms with E-state index in [0.717, 1.165) is 30.5 Å². The number of amides is 1. The highest BCUT2D eigenvalue weighted by molar-refractivity contribution is 5.76. The summed E-state index contributed by atoms with van der Waals surface area (Å²) >= 11 is 0. The van der Waals surface area contributed by atoms with Crippen LogP contribution in [0, 0.1) is 5.41 Å². The minimum atomic E-state index is 0.0625. The number of benzene rings is 1. The molecule has 0 atom stereocenters. The van der Waals surface area contributed by atoms with Gasteiger partial charge in [0.1, 0.15) is 0 Å². The fourth-order valence-corrected chi connectivity index (χ4v) is 2.31. The zero-order valence-corrected chi connectivity index (χ0v) is 11.2. The highest BCUT2D eigenvalue weighted by Gasteiger charge is 2.41. The zero-order valence-electron chi connectivity index (χ0n) is 11.2. The van der Waals surface area contributed by atoms with Crippen LogP contribution in [0.3, 0.4) is 0 Å². The van der Waals surface area contributed by atoms with E-state index >= 15 is 0 Å². The van der Waals surface area contributed by atoms with Crippen LogP contribution in [0.1, 0.15) is 31.2 Å². The number of nitrogen functional groups attached to an aromatic ring is 1. The number of anilines is 1. The molecule has 2 rings (SSSR count). The number of aliphatic hydroxyl groups is 1.